The molecule has 198 valence electrons. The van der Waals surface area contributed by atoms with Gasteiger partial charge in [-0.2, -0.15) is 18.2 Å². The molecule has 0 bridgehead atoms. The number of aromatic nitrogens is 2. The molecule has 1 atom stereocenters. The smallest absolute Gasteiger partial charge is 0.416 e. The number of carbonyl (C=O) groups excluding carboxylic acids is 1. The third kappa shape index (κ3) is 5.57. The Morgan fingerprint density at radius 3 is 2.53 bits per heavy atom. The Morgan fingerprint density at radius 1 is 1.11 bits per heavy atom. The number of carbonyl (C=O) groups is 1. The molecule has 1 aromatic heterocycles. The molecule has 4 aromatic rings. The summed E-state index contributed by atoms with van der Waals surface area (Å²) in [6.45, 7) is 0.368. The van der Waals surface area contributed by atoms with Crippen molar-refractivity contribution in [3.8, 4) is 17.1 Å². The highest BCUT2D eigenvalue weighted by Gasteiger charge is 2.32. The lowest BCUT2D eigenvalue weighted by atomic mass is 10.1. The van der Waals surface area contributed by atoms with Crippen LogP contribution in [0, 0.1) is 5.41 Å². The van der Waals surface area contributed by atoms with Crippen LogP contribution in [0.15, 0.2) is 65.2 Å². The number of fused-ring (bicyclic) bond motifs is 1. The molecule has 2 heterocycles. The van der Waals surface area contributed by atoms with Crippen LogP contribution in [-0.4, -0.2) is 39.9 Å². The summed E-state index contributed by atoms with van der Waals surface area (Å²) in [5, 5.41) is 13.6. The first kappa shape index (κ1) is 26.9. The van der Waals surface area contributed by atoms with Gasteiger partial charge in [0, 0.05) is 17.7 Å². The molecule has 0 saturated carbocycles. The minimum Gasteiger partial charge on any atom is -0.485 e. The number of nitrogens with one attached hydrogen (secondary N) is 1. The normalized spacial score (nSPS) is 15.3. The lowest BCUT2D eigenvalue weighted by molar-refractivity contribution is -0.137. The molecule has 1 saturated heterocycles. The summed E-state index contributed by atoms with van der Waals surface area (Å²) in [4.78, 5) is 18.6. The number of hydrogen-bond donors (Lipinski definition) is 2. The lowest BCUT2D eigenvalue weighted by Crippen LogP contribution is -2.35. The lowest BCUT2D eigenvalue weighted by Gasteiger charge is -2.21. The van der Waals surface area contributed by atoms with E-state index in [1.807, 2.05) is 24.3 Å². The van der Waals surface area contributed by atoms with Gasteiger partial charge in [0.2, 0.25) is 11.7 Å². The number of benzene rings is 3. The monoisotopic (exact) mass is 545 g/mol. The van der Waals surface area contributed by atoms with Crippen LogP contribution in [-0.2, 0) is 6.18 Å². The second-order valence-electron chi connectivity index (χ2n) is 8.70. The molecule has 0 spiro atoms. The fraction of sp³-hybridized carbons (Fsp3) is 0.231. The SMILES string of the molecule is Cl.N=C(N)N1CCCC1c1nc(-c2ccc3cc(OCC(=O)c4ccc(C(F)(F)F)cc4)ccc3c2)no1. The summed E-state index contributed by atoms with van der Waals surface area (Å²) >= 11 is 0. The van der Waals surface area contributed by atoms with Gasteiger partial charge in [-0.25, -0.2) is 0 Å². The molecule has 0 amide bonds. The van der Waals surface area contributed by atoms with Crippen molar-refractivity contribution in [3.05, 3.63) is 77.7 Å². The molecule has 8 nitrogen and oxygen atoms in total. The number of guanidine groups is 1. The average Bonchev–Trinajstić information content (AvgIpc) is 3.56. The van der Waals surface area contributed by atoms with Crippen LogP contribution in [0.5, 0.6) is 5.75 Å². The summed E-state index contributed by atoms with van der Waals surface area (Å²) in [6.07, 6.45) is -2.79. The van der Waals surface area contributed by atoms with Gasteiger partial charge < -0.3 is 19.9 Å². The number of Topliss-reactive ketones (excluding diaryl/α,β-unsaturated/α-hetero) is 1. The summed E-state index contributed by atoms with van der Waals surface area (Å²) in [5.41, 5.74) is 5.74. The highest BCUT2D eigenvalue weighted by molar-refractivity contribution is 5.97. The van der Waals surface area contributed by atoms with E-state index < -0.39 is 17.5 Å². The zero-order chi connectivity index (χ0) is 26.2. The molecule has 12 heteroatoms. The molecule has 38 heavy (non-hydrogen) atoms. The van der Waals surface area contributed by atoms with E-state index in [9.17, 15) is 18.0 Å². The largest absolute Gasteiger partial charge is 0.485 e. The van der Waals surface area contributed by atoms with Gasteiger partial charge in [0.25, 0.3) is 0 Å². The predicted octanol–water partition coefficient (Wildman–Crippen LogP) is 5.62. The van der Waals surface area contributed by atoms with E-state index in [4.69, 9.17) is 20.4 Å². The van der Waals surface area contributed by atoms with Crippen LogP contribution in [0.2, 0.25) is 0 Å². The van der Waals surface area contributed by atoms with E-state index in [0.29, 0.717) is 24.0 Å². The van der Waals surface area contributed by atoms with Crippen molar-refractivity contribution in [2.45, 2.75) is 25.1 Å². The molecule has 5 rings (SSSR count). The number of alkyl halides is 3. The van der Waals surface area contributed by atoms with Gasteiger partial charge in [-0.1, -0.05) is 35.5 Å². The molecule has 0 radical (unpaired) electrons. The Hall–Kier alpha value is -4.12. The van der Waals surface area contributed by atoms with Crippen molar-refractivity contribution in [1.82, 2.24) is 15.0 Å². The molecule has 3 N–H and O–H groups in total. The Morgan fingerprint density at radius 2 is 1.82 bits per heavy atom. The summed E-state index contributed by atoms with van der Waals surface area (Å²) in [5.74, 6) is 0.849. The number of likely N-dealkylation sites (tertiary alicyclic amines) is 1. The van der Waals surface area contributed by atoms with Crippen molar-refractivity contribution in [2.75, 3.05) is 13.2 Å². The third-order valence-electron chi connectivity index (χ3n) is 6.26. The van der Waals surface area contributed by atoms with E-state index in [0.717, 1.165) is 53.4 Å². The first-order chi connectivity index (χ1) is 17.7. The number of ether oxygens (including phenoxy) is 1. The van der Waals surface area contributed by atoms with Crippen LogP contribution < -0.4 is 10.5 Å². The molecular formula is C26H23ClF3N5O3. The number of nitrogens with two attached hydrogens (primary N) is 1. The number of nitrogens with zero attached hydrogens (tertiary/aromatic N) is 3. The van der Waals surface area contributed by atoms with Crippen molar-refractivity contribution in [1.29, 1.82) is 5.41 Å². The molecule has 1 unspecified atom stereocenters. The number of hydrogen-bond acceptors (Lipinski definition) is 6. The number of ketones is 1. The zero-order valence-corrected chi connectivity index (χ0v) is 20.7. The van der Waals surface area contributed by atoms with E-state index in [2.05, 4.69) is 10.1 Å². The van der Waals surface area contributed by atoms with Crippen LogP contribution in [0.25, 0.3) is 22.2 Å². The van der Waals surface area contributed by atoms with Crippen molar-refractivity contribution in [2.24, 2.45) is 5.73 Å². The van der Waals surface area contributed by atoms with E-state index >= 15 is 0 Å². The first-order valence-corrected chi connectivity index (χ1v) is 11.5. The van der Waals surface area contributed by atoms with Gasteiger partial charge in [-0.3, -0.25) is 10.2 Å². The van der Waals surface area contributed by atoms with Crippen LogP contribution in [0.4, 0.5) is 13.2 Å². The first-order valence-electron chi connectivity index (χ1n) is 11.5. The Bertz CT molecular complexity index is 1470. The van der Waals surface area contributed by atoms with Gasteiger partial charge in [-0.05, 0) is 53.9 Å². The van der Waals surface area contributed by atoms with Gasteiger partial charge in [0.05, 0.1) is 5.56 Å². The van der Waals surface area contributed by atoms with Crippen LogP contribution in [0.3, 0.4) is 0 Å². The molecule has 0 aliphatic carbocycles. The highest BCUT2D eigenvalue weighted by atomic mass is 35.5. The minimum absolute atomic E-state index is 0. The Labute approximate surface area is 221 Å². The fourth-order valence-corrected chi connectivity index (χ4v) is 4.33. The molecule has 1 aliphatic rings. The van der Waals surface area contributed by atoms with Crippen molar-refractivity contribution >= 4 is 34.9 Å². The fourth-order valence-electron chi connectivity index (χ4n) is 4.33. The van der Waals surface area contributed by atoms with E-state index in [-0.39, 0.29) is 36.6 Å². The maximum absolute atomic E-state index is 12.7. The Balaban J connectivity index is 0.00000336. The Kier molecular flexibility index (Phi) is 7.58. The zero-order valence-electron chi connectivity index (χ0n) is 19.9. The van der Waals surface area contributed by atoms with Crippen LogP contribution >= 0.6 is 12.4 Å². The van der Waals surface area contributed by atoms with E-state index in [1.165, 1.54) is 0 Å². The topological polar surface area (TPSA) is 118 Å². The standard InChI is InChI=1S/C26H22F3N5O3.ClH/c27-26(28,29)19-8-5-15(6-9-19)22(35)14-36-20-10-7-16-12-18(4-3-17(16)13-20)23-32-24(37-33-23)21-2-1-11-34(21)25(30)31;/h3-10,12-13,21H,1-2,11,14H2,(H3,30,31);1H. The van der Waals surface area contributed by atoms with Gasteiger partial charge in [-0.15, -0.1) is 12.4 Å². The average molecular weight is 546 g/mol. The van der Waals surface area contributed by atoms with Gasteiger partial charge in [0.15, 0.2) is 18.3 Å². The van der Waals surface area contributed by atoms with Crippen molar-refractivity contribution in [3.63, 3.8) is 0 Å². The minimum atomic E-state index is -4.46. The second-order valence-corrected chi connectivity index (χ2v) is 8.70. The maximum atomic E-state index is 12.7. The predicted molar refractivity (Wildman–Crippen MR) is 136 cm³/mol. The quantitative estimate of drug-likeness (QED) is 0.183. The summed E-state index contributed by atoms with van der Waals surface area (Å²) in [7, 11) is 0. The van der Waals surface area contributed by atoms with E-state index in [1.54, 1.807) is 17.0 Å². The molecule has 3 aromatic carbocycles. The molecule has 1 fully saturated rings. The third-order valence-corrected chi connectivity index (χ3v) is 6.26. The van der Waals surface area contributed by atoms with Gasteiger partial charge >= 0.3 is 6.18 Å². The van der Waals surface area contributed by atoms with Crippen molar-refractivity contribution < 1.29 is 27.2 Å². The summed E-state index contributed by atoms with van der Waals surface area (Å²) < 4.78 is 49.2. The van der Waals surface area contributed by atoms with Gasteiger partial charge in [0.1, 0.15) is 11.8 Å². The second kappa shape index (κ2) is 10.7. The molecular weight excluding hydrogens is 523 g/mol. The highest BCUT2D eigenvalue weighted by Crippen LogP contribution is 2.33. The number of halogens is 4. The number of rotatable bonds is 6. The van der Waals surface area contributed by atoms with Crippen LogP contribution in [0.1, 0.15) is 40.7 Å². The molecule has 1 aliphatic heterocycles. The summed E-state index contributed by atoms with van der Waals surface area (Å²) in [6, 6.07) is 14.7. The maximum Gasteiger partial charge on any atom is 0.416 e.